The predicted octanol–water partition coefficient (Wildman–Crippen LogP) is 3.23. The Hall–Kier alpha value is -1.62. The summed E-state index contributed by atoms with van der Waals surface area (Å²) in [5.74, 6) is 6.02. The topological polar surface area (TPSA) is 47.3 Å². The first-order valence-electron chi connectivity index (χ1n) is 6.18. The molecule has 0 saturated carbocycles. The standard InChI is InChI=1S/C15H16ClFN2O/c1-20-13-4-2-3-11(7-13)15(19-18)8-10-5-6-12(17)9-14(10)16/h2-7,9,15,19H,8,18H2,1H3. The monoisotopic (exact) mass is 294 g/mol. The molecule has 0 aromatic heterocycles. The average Bonchev–Trinajstić information content (AvgIpc) is 2.46. The quantitative estimate of drug-likeness (QED) is 0.657. The van der Waals surface area contributed by atoms with Gasteiger partial charge in [0, 0.05) is 5.02 Å². The van der Waals surface area contributed by atoms with Gasteiger partial charge in [-0.25, -0.2) is 4.39 Å². The minimum atomic E-state index is -0.350. The van der Waals surface area contributed by atoms with Gasteiger partial charge >= 0.3 is 0 Å². The predicted molar refractivity (Wildman–Crippen MR) is 78.2 cm³/mol. The Bertz CT molecular complexity index is 592. The molecule has 0 saturated heterocycles. The smallest absolute Gasteiger partial charge is 0.124 e. The zero-order valence-electron chi connectivity index (χ0n) is 11.1. The molecule has 0 amide bonds. The Balaban J connectivity index is 2.23. The number of nitrogens with one attached hydrogen (secondary N) is 1. The van der Waals surface area contributed by atoms with E-state index in [0.717, 1.165) is 16.9 Å². The summed E-state index contributed by atoms with van der Waals surface area (Å²) >= 11 is 6.04. The summed E-state index contributed by atoms with van der Waals surface area (Å²) in [6.07, 6.45) is 0.558. The van der Waals surface area contributed by atoms with Gasteiger partial charge in [0.05, 0.1) is 13.2 Å². The van der Waals surface area contributed by atoms with Crippen LogP contribution < -0.4 is 16.0 Å². The van der Waals surface area contributed by atoms with E-state index < -0.39 is 0 Å². The second kappa shape index (κ2) is 6.70. The van der Waals surface area contributed by atoms with E-state index in [4.69, 9.17) is 22.2 Å². The number of hydrogen-bond donors (Lipinski definition) is 2. The molecule has 2 rings (SSSR count). The highest BCUT2D eigenvalue weighted by atomic mass is 35.5. The third kappa shape index (κ3) is 3.48. The van der Waals surface area contributed by atoms with E-state index in [1.54, 1.807) is 13.2 Å². The van der Waals surface area contributed by atoms with Crippen molar-refractivity contribution < 1.29 is 9.13 Å². The summed E-state index contributed by atoms with van der Waals surface area (Å²) < 4.78 is 18.2. The maximum Gasteiger partial charge on any atom is 0.124 e. The first kappa shape index (κ1) is 14.8. The lowest BCUT2D eigenvalue weighted by molar-refractivity contribution is 0.413. The lowest BCUT2D eigenvalue weighted by atomic mass is 9.99. The van der Waals surface area contributed by atoms with Crippen molar-refractivity contribution in [1.82, 2.24) is 5.43 Å². The highest BCUT2D eigenvalue weighted by Gasteiger charge is 2.13. The van der Waals surface area contributed by atoms with E-state index in [1.807, 2.05) is 24.3 Å². The minimum absolute atomic E-state index is 0.131. The number of hydrazine groups is 1. The lowest BCUT2D eigenvalue weighted by Crippen LogP contribution is -2.29. The molecule has 106 valence electrons. The van der Waals surface area contributed by atoms with Gasteiger partial charge in [0.1, 0.15) is 11.6 Å². The summed E-state index contributed by atoms with van der Waals surface area (Å²) in [5, 5.41) is 0.396. The van der Waals surface area contributed by atoms with Crippen molar-refractivity contribution in [1.29, 1.82) is 0 Å². The van der Waals surface area contributed by atoms with Gasteiger partial charge in [-0.1, -0.05) is 29.8 Å². The Morgan fingerprint density at radius 2 is 2.10 bits per heavy atom. The van der Waals surface area contributed by atoms with Gasteiger partial charge < -0.3 is 4.74 Å². The molecule has 0 spiro atoms. The molecule has 5 heteroatoms. The molecule has 2 aromatic carbocycles. The summed E-state index contributed by atoms with van der Waals surface area (Å²) in [6.45, 7) is 0. The number of ether oxygens (including phenoxy) is 1. The van der Waals surface area contributed by atoms with E-state index in [9.17, 15) is 4.39 Å². The van der Waals surface area contributed by atoms with E-state index in [2.05, 4.69) is 5.43 Å². The van der Waals surface area contributed by atoms with Crippen molar-refractivity contribution in [3.63, 3.8) is 0 Å². The van der Waals surface area contributed by atoms with Gasteiger partial charge in [0.2, 0.25) is 0 Å². The number of hydrogen-bond acceptors (Lipinski definition) is 3. The fourth-order valence-electron chi connectivity index (χ4n) is 2.04. The zero-order chi connectivity index (χ0) is 14.5. The van der Waals surface area contributed by atoms with Crippen molar-refractivity contribution in [2.24, 2.45) is 5.84 Å². The summed E-state index contributed by atoms with van der Waals surface area (Å²) in [5.41, 5.74) is 4.56. The molecule has 0 aliphatic carbocycles. The van der Waals surface area contributed by atoms with Crippen molar-refractivity contribution in [3.05, 3.63) is 64.4 Å². The van der Waals surface area contributed by atoms with Gasteiger partial charge in [0.15, 0.2) is 0 Å². The molecule has 1 atom stereocenters. The van der Waals surface area contributed by atoms with Crippen LogP contribution in [0.5, 0.6) is 5.75 Å². The van der Waals surface area contributed by atoms with Crippen molar-refractivity contribution in [2.75, 3.05) is 7.11 Å². The molecule has 0 aliphatic rings. The van der Waals surface area contributed by atoms with Crippen LogP contribution in [0.3, 0.4) is 0 Å². The van der Waals surface area contributed by atoms with Crippen LogP contribution in [-0.2, 0) is 6.42 Å². The molecule has 0 aliphatic heterocycles. The third-order valence-corrected chi connectivity index (χ3v) is 3.49. The average molecular weight is 295 g/mol. The molecule has 20 heavy (non-hydrogen) atoms. The van der Waals surface area contributed by atoms with Crippen LogP contribution in [0.25, 0.3) is 0 Å². The largest absolute Gasteiger partial charge is 0.497 e. The Morgan fingerprint density at radius 1 is 1.30 bits per heavy atom. The van der Waals surface area contributed by atoms with E-state index in [-0.39, 0.29) is 11.9 Å². The Morgan fingerprint density at radius 3 is 2.75 bits per heavy atom. The Labute approximate surface area is 122 Å². The SMILES string of the molecule is COc1cccc(C(Cc2ccc(F)cc2Cl)NN)c1. The zero-order valence-corrected chi connectivity index (χ0v) is 11.8. The van der Waals surface area contributed by atoms with Crippen LogP contribution in [0.15, 0.2) is 42.5 Å². The van der Waals surface area contributed by atoms with E-state index in [0.29, 0.717) is 11.4 Å². The minimum Gasteiger partial charge on any atom is -0.497 e. The van der Waals surface area contributed by atoms with Crippen LogP contribution in [0, 0.1) is 5.82 Å². The number of halogens is 2. The molecule has 0 radical (unpaired) electrons. The first-order valence-corrected chi connectivity index (χ1v) is 6.56. The molecule has 3 N–H and O–H groups in total. The maximum absolute atomic E-state index is 13.0. The highest BCUT2D eigenvalue weighted by Crippen LogP contribution is 2.25. The Kier molecular flexibility index (Phi) is 4.95. The molecule has 2 aromatic rings. The number of rotatable bonds is 5. The van der Waals surface area contributed by atoms with Crippen molar-refractivity contribution in [2.45, 2.75) is 12.5 Å². The molecule has 3 nitrogen and oxygen atoms in total. The van der Waals surface area contributed by atoms with Gasteiger partial charge in [-0.05, 0) is 41.8 Å². The van der Waals surface area contributed by atoms with Gasteiger partial charge in [0.25, 0.3) is 0 Å². The summed E-state index contributed by atoms with van der Waals surface area (Å²) in [4.78, 5) is 0. The number of benzene rings is 2. The second-order valence-electron chi connectivity index (χ2n) is 4.44. The molecular formula is C15H16ClFN2O. The van der Waals surface area contributed by atoms with Crippen LogP contribution in [-0.4, -0.2) is 7.11 Å². The number of methoxy groups -OCH3 is 1. The van der Waals surface area contributed by atoms with Gasteiger partial charge in [-0.15, -0.1) is 0 Å². The molecule has 0 fully saturated rings. The van der Waals surface area contributed by atoms with Crippen LogP contribution in [0.1, 0.15) is 17.2 Å². The van der Waals surface area contributed by atoms with E-state index >= 15 is 0 Å². The summed E-state index contributed by atoms with van der Waals surface area (Å²) in [7, 11) is 1.61. The lowest BCUT2D eigenvalue weighted by Gasteiger charge is -2.18. The molecular weight excluding hydrogens is 279 g/mol. The summed E-state index contributed by atoms with van der Waals surface area (Å²) in [6, 6.07) is 11.8. The molecule has 1 unspecified atom stereocenters. The normalized spacial score (nSPS) is 12.2. The van der Waals surface area contributed by atoms with E-state index in [1.165, 1.54) is 12.1 Å². The fraction of sp³-hybridized carbons (Fsp3) is 0.200. The highest BCUT2D eigenvalue weighted by molar-refractivity contribution is 6.31. The van der Waals surface area contributed by atoms with Crippen molar-refractivity contribution in [3.8, 4) is 5.75 Å². The fourth-order valence-corrected chi connectivity index (χ4v) is 2.28. The molecule has 0 bridgehead atoms. The third-order valence-electron chi connectivity index (χ3n) is 3.14. The van der Waals surface area contributed by atoms with Crippen LogP contribution in [0.2, 0.25) is 5.02 Å². The van der Waals surface area contributed by atoms with Crippen molar-refractivity contribution >= 4 is 11.6 Å². The molecule has 0 heterocycles. The first-order chi connectivity index (χ1) is 9.63. The maximum atomic E-state index is 13.0. The second-order valence-corrected chi connectivity index (χ2v) is 4.84. The van der Waals surface area contributed by atoms with Gasteiger partial charge in [-0.2, -0.15) is 0 Å². The van der Waals surface area contributed by atoms with Gasteiger partial charge in [-0.3, -0.25) is 11.3 Å². The number of nitrogens with two attached hydrogens (primary N) is 1. The van der Waals surface area contributed by atoms with Crippen LogP contribution in [0.4, 0.5) is 4.39 Å². The van der Waals surface area contributed by atoms with Crippen LogP contribution >= 0.6 is 11.6 Å².